The topological polar surface area (TPSA) is 52.7 Å². The number of hydrogen-bond donors (Lipinski definition) is 1. The van der Waals surface area contributed by atoms with Crippen molar-refractivity contribution < 1.29 is 9.59 Å². The molecule has 0 saturated carbocycles. The van der Waals surface area contributed by atoms with E-state index in [2.05, 4.69) is 36.2 Å². The number of rotatable bonds is 6. The molecule has 5 heteroatoms. The first-order valence-corrected chi connectivity index (χ1v) is 11.3. The Morgan fingerprint density at radius 1 is 1.13 bits per heavy atom. The fraction of sp³-hybridized carbons (Fsp3) is 0.462. The van der Waals surface area contributed by atoms with Gasteiger partial charge in [0.25, 0.3) is 0 Å². The van der Waals surface area contributed by atoms with Crippen molar-refractivity contribution in [2.24, 2.45) is 5.92 Å². The minimum atomic E-state index is -0.655. The van der Waals surface area contributed by atoms with E-state index in [1.165, 1.54) is 5.56 Å². The second-order valence-corrected chi connectivity index (χ2v) is 8.97. The standard InChI is InChI=1S/C26H35N3O2/c1-19(2)15-16-27-26(31)25-22-8-5-6-9-23(22)28(4)17-7-10-24(30)29(25)18-21-13-11-20(3)12-14-21/h5-6,8-9,11-14,19,25H,7,10,15-18H2,1-4H3,(H,27,31). The first-order chi connectivity index (χ1) is 14.9. The number of carbonyl (C=O) groups excluding carboxylic acids is 2. The lowest BCUT2D eigenvalue weighted by Crippen LogP contribution is -2.43. The second kappa shape index (κ2) is 10.5. The average Bonchev–Trinajstić information content (AvgIpc) is 2.78. The second-order valence-electron chi connectivity index (χ2n) is 8.97. The summed E-state index contributed by atoms with van der Waals surface area (Å²) in [4.78, 5) is 30.8. The fourth-order valence-electron chi connectivity index (χ4n) is 4.04. The van der Waals surface area contributed by atoms with Gasteiger partial charge in [-0.15, -0.1) is 0 Å². The minimum absolute atomic E-state index is 0.0229. The molecule has 0 aromatic heterocycles. The van der Waals surface area contributed by atoms with Crippen LogP contribution < -0.4 is 10.2 Å². The molecule has 1 N–H and O–H groups in total. The van der Waals surface area contributed by atoms with Gasteiger partial charge in [0.05, 0.1) is 0 Å². The summed E-state index contributed by atoms with van der Waals surface area (Å²) in [5.41, 5.74) is 4.10. The van der Waals surface area contributed by atoms with Crippen molar-refractivity contribution >= 4 is 17.5 Å². The Morgan fingerprint density at radius 3 is 2.55 bits per heavy atom. The van der Waals surface area contributed by atoms with Crippen LogP contribution in [0.15, 0.2) is 48.5 Å². The van der Waals surface area contributed by atoms with Crippen molar-refractivity contribution in [2.75, 3.05) is 25.0 Å². The van der Waals surface area contributed by atoms with Gasteiger partial charge in [-0.2, -0.15) is 0 Å². The molecule has 0 fully saturated rings. The molecule has 1 aliphatic rings. The summed E-state index contributed by atoms with van der Waals surface area (Å²) < 4.78 is 0. The molecule has 1 aliphatic heterocycles. The smallest absolute Gasteiger partial charge is 0.247 e. The SMILES string of the molecule is Cc1ccc(CN2C(=O)CCCN(C)c3ccccc3C2C(=O)NCCC(C)C)cc1. The number of para-hydroxylation sites is 1. The van der Waals surface area contributed by atoms with E-state index in [1.54, 1.807) is 4.90 Å². The van der Waals surface area contributed by atoms with Gasteiger partial charge in [0, 0.05) is 44.4 Å². The Kier molecular flexibility index (Phi) is 7.72. The van der Waals surface area contributed by atoms with Gasteiger partial charge in [-0.05, 0) is 37.3 Å². The van der Waals surface area contributed by atoms with Crippen LogP contribution in [0.4, 0.5) is 5.69 Å². The fourth-order valence-corrected chi connectivity index (χ4v) is 4.04. The maximum absolute atomic E-state index is 13.5. The maximum atomic E-state index is 13.5. The van der Waals surface area contributed by atoms with Crippen molar-refractivity contribution in [3.8, 4) is 0 Å². The lowest BCUT2D eigenvalue weighted by Gasteiger charge is -2.33. The molecule has 5 nitrogen and oxygen atoms in total. The van der Waals surface area contributed by atoms with Crippen LogP contribution in [0.2, 0.25) is 0 Å². The molecule has 0 aliphatic carbocycles. The monoisotopic (exact) mass is 421 g/mol. The molecule has 1 unspecified atom stereocenters. The van der Waals surface area contributed by atoms with E-state index < -0.39 is 6.04 Å². The molecule has 2 aromatic carbocycles. The van der Waals surface area contributed by atoms with Gasteiger partial charge in [-0.25, -0.2) is 0 Å². The van der Waals surface area contributed by atoms with E-state index in [-0.39, 0.29) is 11.8 Å². The van der Waals surface area contributed by atoms with Crippen LogP contribution in [-0.4, -0.2) is 36.9 Å². The molecule has 0 spiro atoms. The molecule has 2 amide bonds. The highest BCUT2D eigenvalue weighted by molar-refractivity contribution is 5.90. The lowest BCUT2D eigenvalue weighted by atomic mass is 10.00. The van der Waals surface area contributed by atoms with Crippen LogP contribution >= 0.6 is 0 Å². The largest absolute Gasteiger partial charge is 0.374 e. The number of nitrogens with zero attached hydrogens (tertiary/aromatic N) is 2. The zero-order valence-corrected chi connectivity index (χ0v) is 19.2. The Hall–Kier alpha value is -2.82. The summed E-state index contributed by atoms with van der Waals surface area (Å²) >= 11 is 0. The van der Waals surface area contributed by atoms with Gasteiger partial charge in [0.15, 0.2) is 0 Å². The lowest BCUT2D eigenvalue weighted by molar-refractivity contribution is -0.141. The average molecular weight is 422 g/mol. The number of amides is 2. The number of carbonyl (C=O) groups is 2. The van der Waals surface area contributed by atoms with Crippen LogP contribution in [0.25, 0.3) is 0 Å². The number of nitrogens with one attached hydrogen (secondary N) is 1. The van der Waals surface area contributed by atoms with Gasteiger partial charge < -0.3 is 15.1 Å². The minimum Gasteiger partial charge on any atom is -0.374 e. The Labute approximate surface area is 186 Å². The Bertz CT molecular complexity index is 892. The van der Waals surface area contributed by atoms with E-state index >= 15 is 0 Å². The number of anilines is 1. The first-order valence-electron chi connectivity index (χ1n) is 11.3. The van der Waals surface area contributed by atoms with Crippen molar-refractivity contribution in [1.82, 2.24) is 10.2 Å². The summed E-state index contributed by atoms with van der Waals surface area (Å²) in [6.45, 7) is 8.14. The molecule has 1 atom stereocenters. The van der Waals surface area contributed by atoms with Crippen molar-refractivity contribution in [3.05, 3.63) is 65.2 Å². The zero-order chi connectivity index (χ0) is 22.4. The zero-order valence-electron chi connectivity index (χ0n) is 19.2. The van der Waals surface area contributed by atoms with Crippen LogP contribution in [0, 0.1) is 12.8 Å². The van der Waals surface area contributed by atoms with E-state index in [4.69, 9.17) is 0 Å². The summed E-state index contributed by atoms with van der Waals surface area (Å²) in [6.07, 6.45) is 2.10. The van der Waals surface area contributed by atoms with Gasteiger partial charge >= 0.3 is 0 Å². The number of benzene rings is 2. The molecule has 1 heterocycles. The first kappa shape index (κ1) is 22.9. The normalized spacial score (nSPS) is 17.1. The predicted molar refractivity (Wildman–Crippen MR) is 126 cm³/mol. The third-order valence-corrected chi connectivity index (χ3v) is 5.90. The molecular formula is C26H35N3O2. The van der Waals surface area contributed by atoms with Crippen LogP contribution in [0.3, 0.4) is 0 Å². The van der Waals surface area contributed by atoms with E-state index in [0.29, 0.717) is 25.4 Å². The summed E-state index contributed by atoms with van der Waals surface area (Å²) in [5.74, 6) is 0.420. The van der Waals surface area contributed by atoms with Crippen LogP contribution in [0.5, 0.6) is 0 Å². The molecule has 0 bridgehead atoms. The molecule has 31 heavy (non-hydrogen) atoms. The van der Waals surface area contributed by atoms with Crippen LogP contribution in [-0.2, 0) is 16.1 Å². The third kappa shape index (κ3) is 5.87. The molecule has 3 rings (SSSR count). The quantitative estimate of drug-likeness (QED) is 0.749. The Balaban J connectivity index is 2.01. The van der Waals surface area contributed by atoms with Crippen molar-refractivity contribution in [1.29, 1.82) is 0 Å². The molecule has 0 radical (unpaired) electrons. The van der Waals surface area contributed by atoms with Gasteiger partial charge in [-0.3, -0.25) is 9.59 Å². The van der Waals surface area contributed by atoms with E-state index in [1.807, 2.05) is 50.4 Å². The third-order valence-electron chi connectivity index (χ3n) is 5.90. The molecule has 166 valence electrons. The molecular weight excluding hydrogens is 386 g/mol. The van der Waals surface area contributed by atoms with Crippen molar-refractivity contribution in [2.45, 2.75) is 52.6 Å². The van der Waals surface area contributed by atoms with E-state index in [9.17, 15) is 9.59 Å². The van der Waals surface area contributed by atoms with Gasteiger partial charge in [0.1, 0.15) is 6.04 Å². The Morgan fingerprint density at radius 2 is 1.84 bits per heavy atom. The molecule has 0 saturated heterocycles. The van der Waals surface area contributed by atoms with Crippen molar-refractivity contribution in [3.63, 3.8) is 0 Å². The number of hydrogen-bond acceptors (Lipinski definition) is 3. The molecule has 2 aromatic rings. The predicted octanol–water partition coefficient (Wildman–Crippen LogP) is 4.46. The summed E-state index contributed by atoms with van der Waals surface area (Å²) in [5, 5.41) is 3.10. The number of aryl methyl sites for hydroxylation is 1. The summed E-state index contributed by atoms with van der Waals surface area (Å²) in [6, 6.07) is 15.5. The number of fused-ring (bicyclic) bond motifs is 1. The van der Waals surface area contributed by atoms with E-state index in [0.717, 1.165) is 36.2 Å². The highest BCUT2D eigenvalue weighted by Crippen LogP contribution is 2.33. The summed E-state index contributed by atoms with van der Waals surface area (Å²) in [7, 11) is 2.03. The highest BCUT2D eigenvalue weighted by Gasteiger charge is 2.34. The van der Waals surface area contributed by atoms with Gasteiger partial charge in [0.2, 0.25) is 11.8 Å². The van der Waals surface area contributed by atoms with Crippen LogP contribution in [0.1, 0.15) is 55.8 Å². The maximum Gasteiger partial charge on any atom is 0.247 e. The highest BCUT2D eigenvalue weighted by atomic mass is 16.2. The van der Waals surface area contributed by atoms with Gasteiger partial charge in [-0.1, -0.05) is 61.9 Å².